The monoisotopic (exact) mass is 423 g/mol. The Kier molecular flexibility index (Phi) is 6.88. The Morgan fingerprint density at radius 3 is 2.40 bits per heavy atom. The first-order chi connectivity index (χ1) is 14.1. The fraction of sp³-hybridized carbons (Fsp3) is 0.500. The molecular weight excluding hydrogens is 394 g/mol. The van der Waals surface area contributed by atoms with Gasteiger partial charge in [-0.15, -0.1) is 0 Å². The molecule has 0 bridgehead atoms. The van der Waals surface area contributed by atoms with Crippen molar-refractivity contribution in [3.63, 3.8) is 0 Å². The van der Waals surface area contributed by atoms with Crippen LogP contribution < -0.4 is 0 Å². The van der Waals surface area contributed by atoms with Gasteiger partial charge in [0.2, 0.25) is 0 Å². The lowest BCUT2D eigenvalue weighted by molar-refractivity contribution is -0.140. The smallest absolute Gasteiger partial charge is 0.390 e. The second-order valence-corrected chi connectivity index (χ2v) is 8.54. The molecular formula is C24H29F4NO. The molecule has 0 spiro atoms. The Morgan fingerprint density at radius 1 is 1.07 bits per heavy atom. The van der Waals surface area contributed by atoms with E-state index in [1.165, 1.54) is 18.2 Å². The quantitative estimate of drug-likeness (QED) is 0.576. The highest BCUT2D eigenvalue weighted by atomic mass is 19.4. The minimum atomic E-state index is -4.47. The van der Waals surface area contributed by atoms with E-state index in [2.05, 4.69) is 0 Å². The molecule has 1 N–H and O–H groups in total. The first-order valence-corrected chi connectivity index (χ1v) is 10.4. The summed E-state index contributed by atoms with van der Waals surface area (Å²) in [7, 11) is 3.51. The summed E-state index contributed by atoms with van der Waals surface area (Å²) in [6, 6.07) is 11.5. The number of hydrogen-bond acceptors (Lipinski definition) is 2. The van der Waals surface area contributed by atoms with Gasteiger partial charge in [-0.3, -0.25) is 0 Å². The van der Waals surface area contributed by atoms with E-state index in [9.17, 15) is 22.7 Å². The summed E-state index contributed by atoms with van der Waals surface area (Å²) < 4.78 is 55.3. The molecule has 3 atom stereocenters. The van der Waals surface area contributed by atoms with Crippen molar-refractivity contribution < 1.29 is 22.7 Å². The van der Waals surface area contributed by atoms with E-state index < -0.39 is 23.4 Å². The molecule has 0 heterocycles. The Labute approximate surface area is 175 Å². The number of aliphatic hydroxyl groups is 1. The normalized spacial score (nSPS) is 23.5. The number of rotatable bonds is 6. The van der Waals surface area contributed by atoms with E-state index in [-0.39, 0.29) is 17.3 Å². The van der Waals surface area contributed by atoms with Crippen molar-refractivity contribution in [3.8, 4) is 0 Å². The van der Waals surface area contributed by atoms with Crippen LogP contribution in [0.25, 0.3) is 0 Å². The molecule has 2 nitrogen and oxygen atoms in total. The Morgan fingerprint density at radius 2 is 1.73 bits per heavy atom. The van der Waals surface area contributed by atoms with Crippen LogP contribution in [0.4, 0.5) is 17.6 Å². The van der Waals surface area contributed by atoms with Crippen molar-refractivity contribution in [1.82, 2.24) is 4.90 Å². The van der Waals surface area contributed by atoms with Crippen LogP contribution in [0.2, 0.25) is 0 Å². The van der Waals surface area contributed by atoms with Gasteiger partial charge in [0.1, 0.15) is 5.82 Å². The molecule has 30 heavy (non-hydrogen) atoms. The average Bonchev–Trinajstić information content (AvgIpc) is 2.69. The van der Waals surface area contributed by atoms with E-state index in [0.717, 1.165) is 18.9 Å². The molecule has 3 rings (SSSR count). The van der Waals surface area contributed by atoms with Crippen LogP contribution in [0.1, 0.15) is 54.8 Å². The lowest BCUT2D eigenvalue weighted by Gasteiger charge is -2.47. The van der Waals surface area contributed by atoms with E-state index in [0.29, 0.717) is 31.2 Å². The zero-order chi connectivity index (χ0) is 21.9. The molecule has 1 fully saturated rings. The fourth-order valence-electron chi connectivity index (χ4n) is 4.93. The van der Waals surface area contributed by atoms with Crippen molar-refractivity contribution in [3.05, 3.63) is 71.0 Å². The van der Waals surface area contributed by atoms with Gasteiger partial charge in [0.05, 0.1) is 11.2 Å². The van der Waals surface area contributed by atoms with Crippen LogP contribution in [0.5, 0.6) is 0 Å². The number of halogens is 4. The lowest BCUT2D eigenvalue weighted by atomic mass is 9.67. The van der Waals surface area contributed by atoms with Crippen molar-refractivity contribution in [2.24, 2.45) is 5.92 Å². The van der Waals surface area contributed by atoms with Crippen LogP contribution in [0.15, 0.2) is 48.5 Å². The van der Waals surface area contributed by atoms with Crippen LogP contribution in [-0.4, -0.2) is 29.7 Å². The van der Waals surface area contributed by atoms with Gasteiger partial charge in [0, 0.05) is 12.0 Å². The third-order valence-corrected chi connectivity index (χ3v) is 6.37. The molecule has 2 aromatic carbocycles. The Bertz CT molecular complexity index is 851. The van der Waals surface area contributed by atoms with Gasteiger partial charge in [-0.2, -0.15) is 13.2 Å². The summed E-state index contributed by atoms with van der Waals surface area (Å²) in [6.07, 6.45) is -1.01. The summed E-state index contributed by atoms with van der Waals surface area (Å²) >= 11 is 0. The minimum Gasteiger partial charge on any atom is -0.390 e. The lowest BCUT2D eigenvalue weighted by Crippen LogP contribution is -2.47. The third-order valence-electron chi connectivity index (χ3n) is 6.37. The molecule has 1 aliphatic rings. The SMILES string of the molecule is CN(C)C(c1ccccc1C(F)(F)F)C1CCCCC1(O)CCc1ccccc1F. The first-order valence-electron chi connectivity index (χ1n) is 10.4. The zero-order valence-electron chi connectivity index (χ0n) is 17.4. The molecule has 0 radical (unpaired) electrons. The predicted octanol–water partition coefficient (Wildman–Crippen LogP) is 6.00. The minimum absolute atomic E-state index is 0.186. The highest BCUT2D eigenvalue weighted by molar-refractivity contribution is 5.33. The van der Waals surface area contributed by atoms with Gasteiger partial charge in [0.25, 0.3) is 0 Å². The number of hydrogen-bond donors (Lipinski definition) is 1. The summed E-state index contributed by atoms with van der Waals surface area (Å²) in [4.78, 5) is 1.77. The molecule has 164 valence electrons. The van der Waals surface area contributed by atoms with Gasteiger partial charge in [0.15, 0.2) is 0 Å². The summed E-state index contributed by atoms with van der Waals surface area (Å²) in [5.41, 5.74) is -1.11. The fourth-order valence-corrected chi connectivity index (χ4v) is 4.93. The molecule has 0 amide bonds. The van der Waals surface area contributed by atoms with Gasteiger partial charge in [-0.25, -0.2) is 4.39 Å². The largest absolute Gasteiger partial charge is 0.416 e. The van der Waals surface area contributed by atoms with Crippen LogP contribution in [-0.2, 0) is 12.6 Å². The molecule has 0 aromatic heterocycles. The molecule has 1 saturated carbocycles. The van der Waals surface area contributed by atoms with E-state index in [1.54, 1.807) is 43.3 Å². The zero-order valence-corrected chi connectivity index (χ0v) is 17.4. The van der Waals surface area contributed by atoms with E-state index in [1.807, 2.05) is 0 Å². The average molecular weight is 423 g/mol. The molecule has 0 saturated heterocycles. The van der Waals surface area contributed by atoms with Gasteiger partial charge in [-0.1, -0.05) is 49.2 Å². The van der Waals surface area contributed by atoms with Crippen molar-refractivity contribution in [1.29, 1.82) is 0 Å². The molecule has 0 aliphatic heterocycles. The number of nitrogens with zero attached hydrogens (tertiary/aromatic N) is 1. The van der Waals surface area contributed by atoms with E-state index in [4.69, 9.17) is 0 Å². The van der Waals surface area contributed by atoms with Crippen LogP contribution in [0, 0.1) is 11.7 Å². The molecule has 2 aromatic rings. The van der Waals surface area contributed by atoms with Crippen LogP contribution in [0.3, 0.4) is 0 Å². The standard InChI is InChI=1S/C24H29F4NO/c1-29(2)22(18-10-4-5-11-19(18)24(26,27)28)20-12-7-8-15-23(20,30)16-14-17-9-3-6-13-21(17)25/h3-6,9-11,13,20,22,30H,7-8,12,14-16H2,1-2H3. The third kappa shape index (κ3) is 4.86. The Hall–Kier alpha value is -1.92. The summed E-state index contributed by atoms with van der Waals surface area (Å²) in [6.45, 7) is 0. The van der Waals surface area contributed by atoms with Crippen molar-refractivity contribution >= 4 is 0 Å². The van der Waals surface area contributed by atoms with Gasteiger partial charge < -0.3 is 10.0 Å². The first kappa shape index (κ1) is 22.8. The summed E-state index contributed by atoms with van der Waals surface area (Å²) in [5, 5.41) is 11.6. The number of benzene rings is 2. The number of alkyl halides is 3. The topological polar surface area (TPSA) is 23.5 Å². The maximum Gasteiger partial charge on any atom is 0.416 e. The molecule has 3 unspecified atom stereocenters. The molecule has 1 aliphatic carbocycles. The van der Waals surface area contributed by atoms with Gasteiger partial charge in [-0.05, 0) is 63.0 Å². The van der Waals surface area contributed by atoms with Crippen LogP contribution >= 0.6 is 0 Å². The maximum absolute atomic E-state index is 14.1. The number of aryl methyl sites for hydroxylation is 1. The highest BCUT2D eigenvalue weighted by Gasteiger charge is 2.46. The second-order valence-electron chi connectivity index (χ2n) is 8.54. The van der Waals surface area contributed by atoms with Crippen molar-refractivity contribution in [2.45, 2.75) is 56.3 Å². The summed E-state index contributed by atoms with van der Waals surface area (Å²) in [5.74, 6) is -0.698. The highest BCUT2D eigenvalue weighted by Crippen LogP contribution is 2.48. The van der Waals surface area contributed by atoms with Crippen molar-refractivity contribution in [2.75, 3.05) is 14.1 Å². The second kappa shape index (κ2) is 9.06. The molecule has 6 heteroatoms. The Balaban J connectivity index is 1.95. The van der Waals surface area contributed by atoms with Gasteiger partial charge >= 0.3 is 6.18 Å². The predicted molar refractivity (Wildman–Crippen MR) is 110 cm³/mol. The maximum atomic E-state index is 14.1. The van der Waals surface area contributed by atoms with E-state index >= 15 is 0 Å².